The fourth-order valence-electron chi connectivity index (χ4n) is 2.03. The van der Waals surface area contributed by atoms with Gasteiger partial charge in [-0.05, 0) is 53.7 Å². The lowest BCUT2D eigenvalue weighted by molar-refractivity contribution is 0.884. The van der Waals surface area contributed by atoms with Gasteiger partial charge in [0.2, 0.25) is 0 Å². The summed E-state index contributed by atoms with van der Waals surface area (Å²) >= 11 is 2.96. The molecule has 2 N–H and O–H groups in total. The number of nitrogens with zero attached hydrogens (tertiary/aromatic N) is 3. The Labute approximate surface area is 108 Å². The highest BCUT2D eigenvalue weighted by atomic mass is 32.2. The zero-order valence-electron chi connectivity index (χ0n) is 9.22. The van der Waals surface area contributed by atoms with Gasteiger partial charge >= 0.3 is 0 Å². The smallest absolute Gasteiger partial charge is 0.176 e. The minimum absolute atomic E-state index is 0.529. The largest absolute Gasteiger partial charge is 0.326 e. The summed E-state index contributed by atoms with van der Waals surface area (Å²) in [6.45, 7) is 0.529. The van der Waals surface area contributed by atoms with E-state index in [2.05, 4.69) is 15.4 Å². The summed E-state index contributed by atoms with van der Waals surface area (Å²) in [7, 11) is 0. The third kappa shape index (κ3) is 2.20. The number of fused-ring (bicyclic) bond motifs is 1. The van der Waals surface area contributed by atoms with Crippen LogP contribution >= 0.6 is 23.3 Å². The van der Waals surface area contributed by atoms with Gasteiger partial charge in [-0.15, -0.1) is 0 Å². The van der Waals surface area contributed by atoms with Gasteiger partial charge in [-0.25, -0.2) is 9.97 Å². The van der Waals surface area contributed by atoms with Gasteiger partial charge in [-0.3, -0.25) is 0 Å². The molecule has 17 heavy (non-hydrogen) atoms. The number of rotatable bonds is 3. The van der Waals surface area contributed by atoms with Gasteiger partial charge < -0.3 is 5.73 Å². The van der Waals surface area contributed by atoms with Gasteiger partial charge in [0.15, 0.2) is 4.34 Å². The van der Waals surface area contributed by atoms with E-state index in [-0.39, 0.29) is 0 Å². The maximum Gasteiger partial charge on any atom is 0.176 e. The first-order valence-electron chi connectivity index (χ1n) is 5.53. The highest BCUT2D eigenvalue weighted by Gasteiger charge is 2.17. The Morgan fingerprint density at radius 2 is 2.35 bits per heavy atom. The summed E-state index contributed by atoms with van der Waals surface area (Å²) in [6.07, 6.45) is 5.00. The van der Waals surface area contributed by atoms with Crippen molar-refractivity contribution in [1.82, 2.24) is 14.3 Å². The molecule has 0 atom stereocenters. The molecule has 0 fully saturated rings. The molecule has 0 amide bonds. The van der Waals surface area contributed by atoms with Gasteiger partial charge in [0.25, 0.3) is 0 Å². The molecule has 0 saturated carbocycles. The molecule has 0 radical (unpaired) electrons. The van der Waals surface area contributed by atoms with E-state index in [4.69, 9.17) is 10.7 Å². The average Bonchev–Trinajstić information content (AvgIpc) is 2.98. The van der Waals surface area contributed by atoms with Crippen molar-refractivity contribution in [3.8, 4) is 0 Å². The summed E-state index contributed by atoms with van der Waals surface area (Å²) < 4.78 is 4.92. The lowest BCUT2D eigenvalue weighted by atomic mass is 10.1. The lowest BCUT2D eigenvalue weighted by Crippen LogP contribution is -2.03. The number of pyridine rings is 1. The van der Waals surface area contributed by atoms with Crippen LogP contribution in [0.2, 0.25) is 0 Å². The predicted octanol–water partition coefficient (Wildman–Crippen LogP) is 2.03. The van der Waals surface area contributed by atoms with Gasteiger partial charge in [-0.1, -0.05) is 6.07 Å². The van der Waals surface area contributed by atoms with Crippen LogP contribution in [0.15, 0.2) is 21.8 Å². The molecule has 0 bridgehead atoms. The molecular weight excluding hydrogens is 252 g/mol. The van der Waals surface area contributed by atoms with E-state index in [1.807, 2.05) is 0 Å². The zero-order valence-corrected chi connectivity index (χ0v) is 10.9. The number of hydrogen-bond donors (Lipinski definition) is 1. The molecule has 88 valence electrons. The Morgan fingerprint density at radius 3 is 3.12 bits per heavy atom. The molecule has 2 aromatic rings. The van der Waals surface area contributed by atoms with Gasteiger partial charge in [0.05, 0.1) is 0 Å². The van der Waals surface area contributed by atoms with Crippen molar-refractivity contribution in [3.05, 3.63) is 29.2 Å². The first-order valence-corrected chi connectivity index (χ1v) is 7.12. The molecule has 1 aliphatic carbocycles. The number of hydrogen-bond acceptors (Lipinski definition) is 6. The molecule has 0 aromatic carbocycles. The third-order valence-corrected chi connectivity index (χ3v) is 4.60. The van der Waals surface area contributed by atoms with Crippen molar-refractivity contribution >= 4 is 23.3 Å². The van der Waals surface area contributed by atoms with Crippen LogP contribution in [0, 0.1) is 0 Å². The number of aryl methyl sites for hydroxylation is 2. The number of nitrogens with two attached hydrogens (primary N) is 1. The second-order valence-electron chi connectivity index (χ2n) is 3.93. The molecule has 3 rings (SSSR count). The zero-order chi connectivity index (χ0) is 11.7. The van der Waals surface area contributed by atoms with Crippen molar-refractivity contribution in [1.29, 1.82) is 0 Å². The van der Waals surface area contributed by atoms with Gasteiger partial charge in [0.1, 0.15) is 11.4 Å². The van der Waals surface area contributed by atoms with Gasteiger partial charge in [-0.2, -0.15) is 4.37 Å². The van der Waals surface area contributed by atoms with Crippen LogP contribution in [0.3, 0.4) is 0 Å². The Hall–Kier alpha value is -0.980. The van der Waals surface area contributed by atoms with Crippen molar-refractivity contribution < 1.29 is 0 Å². The van der Waals surface area contributed by atoms with Gasteiger partial charge in [0, 0.05) is 12.2 Å². The van der Waals surface area contributed by atoms with Crippen molar-refractivity contribution in [3.63, 3.8) is 0 Å². The van der Waals surface area contributed by atoms with E-state index in [0.717, 1.165) is 27.8 Å². The van der Waals surface area contributed by atoms with E-state index in [1.54, 1.807) is 18.1 Å². The molecule has 2 aromatic heterocycles. The second kappa shape index (κ2) is 4.72. The molecule has 0 saturated heterocycles. The van der Waals surface area contributed by atoms with Crippen LogP contribution in [0.1, 0.15) is 23.2 Å². The van der Waals surface area contributed by atoms with Crippen LogP contribution in [-0.4, -0.2) is 14.3 Å². The van der Waals surface area contributed by atoms with Crippen LogP contribution < -0.4 is 5.73 Å². The van der Waals surface area contributed by atoms with Crippen molar-refractivity contribution in [2.24, 2.45) is 5.73 Å². The maximum atomic E-state index is 5.79. The molecule has 1 aliphatic rings. The van der Waals surface area contributed by atoms with E-state index >= 15 is 0 Å². The molecular formula is C11H12N4S2. The fourth-order valence-corrected chi connectivity index (χ4v) is 3.51. The standard InChI is InChI=1S/C11H12N4S2/c12-5-8-4-7-2-1-3-9(7)15-10(8)16-11-13-6-14-17-11/h4,6H,1-3,5,12H2. The molecule has 2 heterocycles. The highest BCUT2D eigenvalue weighted by Crippen LogP contribution is 2.32. The van der Waals surface area contributed by atoms with E-state index < -0.39 is 0 Å². The first kappa shape index (κ1) is 11.1. The summed E-state index contributed by atoms with van der Waals surface area (Å²) in [5.41, 5.74) is 9.50. The first-order chi connectivity index (χ1) is 8.36. The summed E-state index contributed by atoms with van der Waals surface area (Å²) in [4.78, 5) is 8.89. The Bertz CT molecular complexity index is 525. The minimum atomic E-state index is 0.529. The normalized spacial score (nSPS) is 13.9. The molecule has 6 heteroatoms. The lowest BCUT2D eigenvalue weighted by Gasteiger charge is -2.08. The minimum Gasteiger partial charge on any atom is -0.326 e. The van der Waals surface area contributed by atoms with Crippen LogP contribution in [0.25, 0.3) is 0 Å². The van der Waals surface area contributed by atoms with E-state index in [1.165, 1.54) is 29.2 Å². The fraction of sp³-hybridized carbons (Fsp3) is 0.364. The SMILES string of the molecule is NCc1cc2c(nc1Sc1ncns1)CCC2. The second-order valence-corrected chi connectivity index (χ2v) is 5.94. The molecule has 0 aliphatic heterocycles. The Kier molecular flexibility index (Phi) is 3.09. The Balaban J connectivity index is 1.97. The highest BCUT2D eigenvalue weighted by molar-refractivity contribution is 8.00. The molecule has 4 nitrogen and oxygen atoms in total. The molecule has 0 unspecified atom stereocenters. The van der Waals surface area contributed by atoms with Crippen LogP contribution in [-0.2, 0) is 19.4 Å². The number of aromatic nitrogens is 3. The average molecular weight is 264 g/mol. The van der Waals surface area contributed by atoms with Crippen molar-refractivity contribution in [2.75, 3.05) is 0 Å². The third-order valence-electron chi connectivity index (χ3n) is 2.84. The topological polar surface area (TPSA) is 64.7 Å². The van der Waals surface area contributed by atoms with E-state index in [0.29, 0.717) is 6.54 Å². The van der Waals surface area contributed by atoms with Crippen molar-refractivity contribution in [2.45, 2.75) is 35.2 Å². The maximum absolute atomic E-state index is 5.79. The Morgan fingerprint density at radius 1 is 1.41 bits per heavy atom. The van der Waals surface area contributed by atoms with Crippen LogP contribution in [0.5, 0.6) is 0 Å². The summed E-state index contributed by atoms with van der Waals surface area (Å²) in [6, 6.07) is 2.21. The summed E-state index contributed by atoms with van der Waals surface area (Å²) in [5.74, 6) is 0. The molecule has 0 spiro atoms. The monoisotopic (exact) mass is 264 g/mol. The quantitative estimate of drug-likeness (QED) is 0.919. The van der Waals surface area contributed by atoms with E-state index in [9.17, 15) is 0 Å². The van der Waals surface area contributed by atoms with Crippen LogP contribution in [0.4, 0.5) is 0 Å². The predicted molar refractivity (Wildman–Crippen MR) is 68.2 cm³/mol. The summed E-state index contributed by atoms with van der Waals surface area (Å²) in [5, 5.41) is 0.991.